The minimum absolute atomic E-state index is 0. The summed E-state index contributed by atoms with van der Waals surface area (Å²) in [5.74, 6) is 0.361. The van der Waals surface area contributed by atoms with Gasteiger partial charge in [0.05, 0.1) is 0 Å². The molecule has 0 aromatic heterocycles. The Morgan fingerprint density at radius 3 is 2.00 bits per heavy atom. The Morgan fingerprint density at radius 1 is 1.08 bits per heavy atom. The molecule has 13 heavy (non-hydrogen) atoms. The van der Waals surface area contributed by atoms with E-state index in [1.54, 1.807) is 6.07 Å². The molecule has 1 N–H and O–H groups in total. The number of phenols is 1. The van der Waals surface area contributed by atoms with Crippen molar-refractivity contribution in [3.8, 4) is 5.75 Å². The van der Waals surface area contributed by atoms with Crippen LogP contribution in [0.25, 0.3) is 0 Å². The number of phenolic OH excluding ortho intramolecular Hbond substituents is 1. The van der Waals surface area contributed by atoms with Crippen molar-refractivity contribution >= 4 is 0 Å². The molecule has 0 atom stereocenters. The van der Waals surface area contributed by atoms with Crippen LogP contribution in [0.2, 0.25) is 0 Å². The fourth-order valence-electron chi connectivity index (χ4n) is 1.20. The smallest absolute Gasteiger partial charge is 0.116 e. The van der Waals surface area contributed by atoms with Crippen LogP contribution < -0.4 is 0 Å². The van der Waals surface area contributed by atoms with Crippen molar-refractivity contribution in [1.82, 2.24) is 0 Å². The van der Waals surface area contributed by atoms with Gasteiger partial charge in [0.25, 0.3) is 0 Å². The third-order valence-corrected chi connectivity index (χ3v) is 1.93. The molecule has 0 aliphatic carbocycles. The van der Waals surface area contributed by atoms with Gasteiger partial charge in [0, 0.05) is 21.7 Å². The van der Waals surface area contributed by atoms with E-state index in [2.05, 4.69) is 26.8 Å². The predicted octanol–water partition coefficient (Wildman–Crippen LogP) is 3.00. The molecule has 0 fully saturated rings. The van der Waals surface area contributed by atoms with E-state index in [1.807, 2.05) is 13.0 Å². The van der Waals surface area contributed by atoms with E-state index in [9.17, 15) is 5.11 Å². The van der Waals surface area contributed by atoms with E-state index in [-0.39, 0.29) is 27.1 Å². The minimum Gasteiger partial charge on any atom is -0.508 e. The summed E-state index contributed by atoms with van der Waals surface area (Å²) in [6, 6.07) is 5.71. The number of hydrogen-bond donors (Lipinski definition) is 1. The monoisotopic (exact) mass is 212 g/mol. The van der Waals surface area contributed by atoms with Crippen LogP contribution in [-0.4, -0.2) is 5.11 Å². The van der Waals surface area contributed by atoms with Crippen molar-refractivity contribution in [2.45, 2.75) is 33.1 Å². The van der Waals surface area contributed by atoms with Crippen molar-refractivity contribution in [3.63, 3.8) is 0 Å². The molecule has 0 amide bonds. The molecule has 0 aliphatic rings. The van der Waals surface area contributed by atoms with Crippen LogP contribution in [0.5, 0.6) is 5.75 Å². The van der Waals surface area contributed by atoms with Gasteiger partial charge in [0.2, 0.25) is 0 Å². The summed E-state index contributed by atoms with van der Waals surface area (Å²) in [5.41, 5.74) is 2.41. The van der Waals surface area contributed by atoms with E-state index >= 15 is 0 Å². The number of aryl methyl sites for hydroxylation is 1. The van der Waals surface area contributed by atoms with Gasteiger partial charge < -0.3 is 5.11 Å². The van der Waals surface area contributed by atoms with Gasteiger partial charge in [0.15, 0.2) is 0 Å². The molecule has 1 aromatic rings. The van der Waals surface area contributed by atoms with Gasteiger partial charge in [-0.1, -0.05) is 26.8 Å². The largest absolute Gasteiger partial charge is 0.508 e. The second kappa shape index (κ2) is 4.30. The van der Waals surface area contributed by atoms with Crippen LogP contribution in [0.3, 0.4) is 0 Å². The average Bonchev–Trinajstić information content (AvgIpc) is 1.82. The average molecular weight is 212 g/mol. The molecule has 0 radical (unpaired) electrons. The topological polar surface area (TPSA) is 20.2 Å². The fraction of sp³-hybridized carbons (Fsp3) is 0.455. The standard InChI is InChI=1S/C11H16O.Ti/c1-8-5-9(11(2,3)4)7-10(12)6-8;/h5-7,12H,1-4H3;. The Bertz CT molecular complexity index is 266. The van der Waals surface area contributed by atoms with Crippen LogP contribution in [0, 0.1) is 6.92 Å². The third kappa shape index (κ3) is 3.54. The second-order valence-electron chi connectivity index (χ2n) is 4.31. The molecule has 0 unspecified atom stereocenters. The summed E-state index contributed by atoms with van der Waals surface area (Å²) in [6.45, 7) is 8.42. The van der Waals surface area contributed by atoms with Crippen molar-refractivity contribution in [3.05, 3.63) is 29.3 Å². The Balaban J connectivity index is 0.00000144. The minimum atomic E-state index is 0. The molecule has 1 rings (SSSR count). The first kappa shape index (κ1) is 12.7. The van der Waals surface area contributed by atoms with Crippen LogP contribution >= 0.6 is 0 Å². The molecule has 0 saturated carbocycles. The van der Waals surface area contributed by atoms with Crippen molar-refractivity contribution in [2.75, 3.05) is 0 Å². The Hall–Kier alpha value is -0.266. The molecule has 1 aromatic carbocycles. The summed E-state index contributed by atoms with van der Waals surface area (Å²) in [6.07, 6.45) is 0. The van der Waals surface area contributed by atoms with Gasteiger partial charge >= 0.3 is 0 Å². The number of rotatable bonds is 0. The number of aromatic hydroxyl groups is 1. The van der Waals surface area contributed by atoms with Crippen LogP contribution in [0.15, 0.2) is 18.2 Å². The molecular weight excluding hydrogens is 196 g/mol. The molecule has 0 aliphatic heterocycles. The quantitative estimate of drug-likeness (QED) is 0.655. The van der Waals surface area contributed by atoms with Crippen LogP contribution in [0.4, 0.5) is 0 Å². The van der Waals surface area contributed by atoms with E-state index < -0.39 is 0 Å². The van der Waals surface area contributed by atoms with E-state index in [4.69, 9.17) is 0 Å². The van der Waals surface area contributed by atoms with Crippen molar-refractivity contribution in [2.24, 2.45) is 0 Å². The van der Waals surface area contributed by atoms with Crippen molar-refractivity contribution < 1.29 is 26.8 Å². The molecule has 2 heteroatoms. The van der Waals surface area contributed by atoms with Gasteiger partial charge in [-0.15, -0.1) is 0 Å². The summed E-state index contributed by atoms with van der Waals surface area (Å²) in [4.78, 5) is 0. The fourth-order valence-corrected chi connectivity index (χ4v) is 1.20. The first-order chi connectivity index (χ1) is 5.39. The van der Waals surface area contributed by atoms with Gasteiger partial charge in [-0.05, 0) is 35.6 Å². The maximum Gasteiger partial charge on any atom is 0.116 e. The van der Waals surface area contributed by atoms with Gasteiger partial charge in [-0.25, -0.2) is 0 Å². The molecule has 0 saturated heterocycles. The zero-order valence-corrected chi connectivity index (χ0v) is 10.2. The normalized spacial score (nSPS) is 10.8. The SMILES string of the molecule is Cc1cc(O)cc(C(C)(C)C)c1.[Ti]. The Kier molecular flexibility index (Phi) is 4.21. The molecule has 70 valence electrons. The van der Waals surface area contributed by atoms with Gasteiger partial charge in [-0.2, -0.15) is 0 Å². The number of benzene rings is 1. The summed E-state index contributed by atoms with van der Waals surface area (Å²) in [5, 5.41) is 9.36. The van der Waals surface area contributed by atoms with E-state index in [0.29, 0.717) is 5.75 Å². The zero-order valence-electron chi connectivity index (χ0n) is 8.68. The Morgan fingerprint density at radius 2 is 1.62 bits per heavy atom. The van der Waals surface area contributed by atoms with Crippen LogP contribution in [-0.2, 0) is 27.1 Å². The van der Waals surface area contributed by atoms with Crippen molar-refractivity contribution in [1.29, 1.82) is 0 Å². The third-order valence-electron chi connectivity index (χ3n) is 1.93. The van der Waals surface area contributed by atoms with Gasteiger partial charge in [-0.3, -0.25) is 0 Å². The van der Waals surface area contributed by atoms with Crippen LogP contribution in [0.1, 0.15) is 31.9 Å². The predicted molar refractivity (Wildman–Crippen MR) is 51.5 cm³/mol. The first-order valence-corrected chi connectivity index (χ1v) is 4.21. The molecule has 1 nitrogen and oxygen atoms in total. The second-order valence-corrected chi connectivity index (χ2v) is 4.31. The van der Waals surface area contributed by atoms with E-state index in [1.165, 1.54) is 5.56 Å². The molecular formula is C11H16OTi. The summed E-state index contributed by atoms with van der Waals surface area (Å²) >= 11 is 0. The molecule has 0 spiro atoms. The molecule has 0 heterocycles. The summed E-state index contributed by atoms with van der Waals surface area (Å²) < 4.78 is 0. The van der Waals surface area contributed by atoms with E-state index in [0.717, 1.165) is 5.56 Å². The zero-order chi connectivity index (χ0) is 9.35. The maximum atomic E-state index is 9.36. The number of hydrogen-bond acceptors (Lipinski definition) is 1. The van der Waals surface area contributed by atoms with Gasteiger partial charge in [0.1, 0.15) is 5.75 Å². The summed E-state index contributed by atoms with van der Waals surface area (Å²) in [7, 11) is 0. The Labute approximate surface area is 95.1 Å². The molecule has 0 bridgehead atoms. The maximum absolute atomic E-state index is 9.36. The first-order valence-electron chi connectivity index (χ1n) is 4.21.